The maximum absolute atomic E-state index is 12.1. The number of hydrogen-bond donors (Lipinski definition) is 2. The van der Waals surface area contributed by atoms with Crippen molar-refractivity contribution < 1.29 is 18.3 Å². The van der Waals surface area contributed by atoms with Gasteiger partial charge in [-0.05, 0) is 17.9 Å². The highest BCUT2D eigenvalue weighted by molar-refractivity contribution is 7.89. The van der Waals surface area contributed by atoms with E-state index < -0.39 is 22.0 Å². The van der Waals surface area contributed by atoms with Crippen molar-refractivity contribution in [3.8, 4) is 0 Å². The Morgan fingerprint density at radius 1 is 1.29 bits per heavy atom. The molecule has 0 aliphatic carbocycles. The molecule has 0 bridgehead atoms. The van der Waals surface area contributed by atoms with Gasteiger partial charge < -0.3 is 5.11 Å². The molecule has 1 aromatic rings. The number of unbranched alkanes of at least 4 members (excludes halogenated alkanes) is 1. The second kappa shape index (κ2) is 8.14. The maximum Gasteiger partial charge on any atom is 0.321 e. The molecule has 0 radical (unpaired) electrons. The first kappa shape index (κ1) is 17.7. The number of nitrogens with one attached hydrogen (secondary N) is 1. The summed E-state index contributed by atoms with van der Waals surface area (Å²) in [7, 11) is -3.63. The minimum Gasteiger partial charge on any atom is -0.480 e. The lowest BCUT2D eigenvalue weighted by molar-refractivity contribution is -0.139. The predicted octanol–water partition coefficient (Wildman–Crippen LogP) is 2.35. The first-order valence-electron chi connectivity index (χ1n) is 7.13. The largest absolute Gasteiger partial charge is 0.480 e. The fourth-order valence-electron chi connectivity index (χ4n) is 2.11. The minimum absolute atomic E-state index is 0.118. The summed E-state index contributed by atoms with van der Waals surface area (Å²) < 4.78 is 26.5. The summed E-state index contributed by atoms with van der Waals surface area (Å²) in [5.74, 6) is -1.43. The molecule has 0 fully saturated rings. The van der Waals surface area contributed by atoms with E-state index in [0.29, 0.717) is 12.8 Å². The van der Waals surface area contributed by atoms with Gasteiger partial charge in [-0.2, -0.15) is 0 Å². The third-order valence-electron chi connectivity index (χ3n) is 3.30. The SMILES string of the molecule is CCCCC(NS(=O)(=O)CC(C)c1ccccc1)C(=O)O. The van der Waals surface area contributed by atoms with E-state index in [1.165, 1.54) is 0 Å². The molecule has 1 rings (SSSR count). The van der Waals surface area contributed by atoms with E-state index in [1.807, 2.05) is 44.2 Å². The summed E-state index contributed by atoms with van der Waals surface area (Å²) in [4.78, 5) is 11.1. The number of carboxylic acids is 1. The summed E-state index contributed by atoms with van der Waals surface area (Å²) in [6, 6.07) is 8.27. The quantitative estimate of drug-likeness (QED) is 0.733. The molecule has 6 heteroatoms. The molecule has 1 aromatic carbocycles. The Hall–Kier alpha value is -1.40. The average Bonchev–Trinajstić information content (AvgIpc) is 2.43. The lowest BCUT2D eigenvalue weighted by atomic mass is 10.0. The number of sulfonamides is 1. The van der Waals surface area contributed by atoms with E-state index >= 15 is 0 Å². The first-order chi connectivity index (χ1) is 9.85. The lowest BCUT2D eigenvalue weighted by Gasteiger charge is -2.17. The third-order valence-corrected chi connectivity index (χ3v) is 4.89. The van der Waals surface area contributed by atoms with Crippen molar-refractivity contribution in [1.29, 1.82) is 0 Å². The monoisotopic (exact) mass is 313 g/mol. The molecule has 5 nitrogen and oxygen atoms in total. The van der Waals surface area contributed by atoms with Gasteiger partial charge in [0.1, 0.15) is 6.04 Å². The molecule has 2 unspecified atom stereocenters. The molecular weight excluding hydrogens is 290 g/mol. The number of rotatable bonds is 9. The second-order valence-corrected chi connectivity index (χ2v) is 7.04. The Bertz CT molecular complexity index is 542. The molecule has 0 spiro atoms. The van der Waals surface area contributed by atoms with E-state index in [0.717, 1.165) is 12.0 Å². The van der Waals surface area contributed by atoms with Gasteiger partial charge in [0.25, 0.3) is 0 Å². The van der Waals surface area contributed by atoms with Crippen LogP contribution in [0.4, 0.5) is 0 Å². The van der Waals surface area contributed by atoms with Crippen molar-refractivity contribution in [3.05, 3.63) is 35.9 Å². The van der Waals surface area contributed by atoms with Gasteiger partial charge in [-0.25, -0.2) is 13.1 Å². The van der Waals surface area contributed by atoms with Gasteiger partial charge in [-0.1, -0.05) is 57.0 Å². The highest BCUT2D eigenvalue weighted by Gasteiger charge is 2.25. The van der Waals surface area contributed by atoms with Crippen LogP contribution in [0.1, 0.15) is 44.6 Å². The first-order valence-corrected chi connectivity index (χ1v) is 8.78. The molecule has 0 aliphatic heterocycles. The van der Waals surface area contributed by atoms with Crippen LogP contribution >= 0.6 is 0 Å². The molecule has 0 saturated heterocycles. The van der Waals surface area contributed by atoms with Gasteiger partial charge in [-0.3, -0.25) is 4.79 Å². The second-order valence-electron chi connectivity index (χ2n) is 5.24. The van der Waals surface area contributed by atoms with Crippen LogP contribution in [0.25, 0.3) is 0 Å². The van der Waals surface area contributed by atoms with Crippen molar-refractivity contribution in [2.75, 3.05) is 5.75 Å². The summed E-state index contributed by atoms with van der Waals surface area (Å²) in [6.45, 7) is 3.75. The maximum atomic E-state index is 12.1. The molecule has 21 heavy (non-hydrogen) atoms. The van der Waals surface area contributed by atoms with E-state index in [9.17, 15) is 13.2 Å². The van der Waals surface area contributed by atoms with E-state index in [4.69, 9.17) is 5.11 Å². The molecule has 0 amide bonds. The highest BCUT2D eigenvalue weighted by Crippen LogP contribution is 2.16. The molecule has 118 valence electrons. The van der Waals surface area contributed by atoms with Gasteiger partial charge in [0.2, 0.25) is 10.0 Å². The van der Waals surface area contributed by atoms with Crippen LogP contribution in [0.15, 0.2) is 30.3 Å². The Morgan fingerprint density at radius 3 is 2.43 bits per heavy atom. The highest BCUT2D eigenvalue weighted by atomic mass is 32.2. The van der Waals surface area contributed by atoms with Crippen LogP contribution in [-0.4, -0.2) is 31.3 Å². The van der Waals surface area contributed by atoms with Crippen molar-refractivity contribution in [1.82, 2.24) is 4.72 Å². The third kappa shape index (κ3) is 6.27. The predicted molar refractivity (Wildman–Crippen MR) is 82.7 cm³/mol. The van der Waals surface area contributed by atoms with Gasteiger partial charge >= 0.3 is 5.97 Å². The lowest BCUT2D eigenvalue weighted by Crippen LogP contribution is -2.42. The summed E-state index contributed by atoms with van der Waals surface area (Å²) in [6.07, 6.45) is 1.81. The smallest absolute Gasteiger partial charge is 0.321 e. The topological polar surface area (TPSA) is 83.5 Å². The Balaban J connectivity index is 2.69. The molecule has 0 aromatic heterocycles. The molecule has 0 saturated carbocycles. The summed E-state index contributed by atoms with van der Waals surface area (Å²) in [5.41, 5.74) is 0.920. The zero-order chi connectivity index (χ0) is 15.9. The van der Waals surface area contributed by atoms with Crippen molar-refractivity contribution in [2.24, 2.45) is 0 Å². The fourth-order valence-corrected chi connectivity index (χ4v) is 3.71. The van der Waals surface area contributed by atoms with Crippen LogP contribution in [-0.2, 0) is 14.8 Å². The normalized spacial score (nSPS) is 14.6. The van der Waals surface area contributed by atoms with Gasteiger partial charge in [-0.15, -0.1) is 0 Å². The summed E-state index contributed by atoms with van der Waals surface area (Å²) >= 11 is 0. The fraction of sp³-hybridized carbons (Fsp3) is 0.533. The minimum atomic E-state index is -3.63. The number of carbonyl (C=O) groups is 1. The van der Waals surface area contributed by atoms with Crippen molar-refractivity contribution >= 4 is 16.0 Å². The van der Waals surface area contributed by atoms with Crippen LogP contribution in [0.5, 0.6) is 0 Å². The molecular formula is C15H23NO4S. The van der Waals surface area contributed by atoms with E-state index in [-0.39, 0.29) is 11.7 Å². The Labute approximate surface area is 126 Å². The van der Waals surface area contributed by atoms with Gasteiger partial charge in [0.05, 0.1) is 5.75 Å². The zero-order valence-corrected chi connectivity index (χ0v) is 13.3. The summed E-state index contributed by atoms with van der Waals surface area (Å²) in [5, 5.41) is 9.09. The standard InChI is InChI=1S/C15H23NO4S/c1-3-4-10-14(15(17)18)16-21(19,20)11-12(2)13-8-6-5-7-9-13/h5-9,12,14,16H,3-4,10-11H2,1-2H3,(H,17,18). The molecule has 0 aliphatic rings. The van der Waals surface area contributed by atoms with Crippen LogP contribution in [0.3, 0.4) is 0 Å². The van der Waals surface area contributed by atoms with E-state index in [1.54, 1.807) is 0 Å². The zero-order valence-electron chi connectivity index (χ0n) is 12.5. The van der Waals surface area contributed by atoms with E-state index in [2.05, 4.69) is 4.72 Å². The van der Waals surface area contributed by atoms with Crippen LogP contribution in [0.2, 0.25) is 0 Å². The van der Waals surface area contributed by atoms with Crippen molar-refractivity contribution in [2.45, 2.75) is 45.1 Å². The number of aliphatic carboxylic acids is 1. The molecule has 2 atom stereocenters. The number of carboxylic acid groups (broad SMARTS) is 1. The Morgan fingerprint density at radius 2 is 1.90 bits per heavy atom. The molecule has 0 heterocycles. The Kier molecular flexibility index (Phi) is 6.84. The van der Waals surface area contributed by atoms with Crippen LogP contribution in [0, 0.1) is 0 Å². The van der Waals surface area contributed by atoms with Crippen molar-refractivity contribution in [3.63, 3.8) is 0 Å². The van der Waals surface area contributed by atoms with Crippen LogP contribution < -0.4 is 4.72 Å². The molecule has 2 N–H and O–H groups in total. The van der Waals surface area contributed by atoms with Gasteiger partial charge in [0, 0.05) is 0 Å². The number of hydrogen-bond acceptors (Lipinski definition) is 3. The average molecular weight is 313 g/mol. The van der Waals surface area contributed by atoms with Gasteiger partial charge in [0.15, 0.2) is 0 Å². The number of benzene rings is 1.